The summed E-state index contributed by atoms with van der Waals surface area (Å²) in [5.41, 5.74) is -0.399. The van der Waals surface area contributed by atoms with Gasteiger partial charge in [0.1, 0.15) is 5.78 Å². The Hall–Kier alpha value is -1.36. The Labute approximate surface area is 129 Å². The van der Waals surface area contributed by atoms with E-state index < -0.39 is 23.8 Å². The number of aliphatic hydroxyl groups is 1. The molecule has 0 bridgehead atoms. The first-order valence-corrected chi connectivity index (χ1v) is 7.69. The fraction of sp³-hybridized carbons (Fsp3) is 0.588. The molecular weight excluding hydrogens is 293 g/mol. The molecule has 0 aromatic heterocycles. The first kappa shape index (κ1) is 18.7. The number of Topliss-reactive ketones (excluding diaryl/α,β-unsaturated/α-hetero) is 1. The molecule has 0 spiro atoms. The molecule has 2 atom stereocenters. The number of ketones is 1. The molecule has 0 saturated carbocycles. The van der Waals surface area contributed by atoms with Crippen LogP contribution in [0.3, 0.4) is 0 Å². The summed E-state index contributed by atoms with van der Waals surface area (Å²) in [6.45, 7) is 3.90. The average Bonchev–Trinajstić information content (AvgIpc) is 2.49. The number of benzene rings is 1. The first-order chi connectivity index (χ1) is 10.3. The summed E-state index contributed by atoms with van der Waals surface area (Å²) >= 11 is 0. The van der Waals surface area contributed by atoms with Crippen molar-refractivity contribution in [2.24, 2.45) is 5.92 Å². The molecule has 124 valence electrons. The molecule has 1 aromatic carbocycles. The number of carbonyl (C=O) groups is 1. The lowest BCUT2D eigenvalue weighted by Crippen LogP contribution is -2.22. The largest absolute Gasteiger partial charge is 0.416 e. The molecule has 0 saturated heterocycles. The Morgan fingerprint density at radius 2 is 1.73 bits per heavy atom. The SMILES string of the molecule is CCCCC(=O)C(CCC)C(O)c1ccc(C(F)(F)F)cc1. The van der Waals surface area contributed by atoms with Crippen LogP contribution in [0, 0.1) is 5.92 Å². The second-order valence-electron chi connectivity index (χ2n) is 5.53. The van der Waals surface area contributed by atoms with Crippen molar-refractivity contribution in [1.82, 2.24) is 0 Å². The first-order valence-electron chi connectivity index (χ1n) is 7.69. The van der Waals surface area contributed by atoms with Gasteiger partial charge < -0.3 is 5.11 Å². The van der Waals surface area contributed by atoms with Gasteiger partial charge in [0.05, 0.1) is 11.7 Å². The Morgan fingerprint density at radius 1 is 1.14 bits per heavy atom. The minimum absolute atomic E-state index is 0.0175. The second-order valence-corrected chi connectivity index (χ2v) is 5.53. The lowest BCUT2D eigenvalue weighted by Gasteiger charge is -2.22. The van der Waals surface area contributed by atoms with E-state index in [1.807, 2.05) is 13.8 Å². The predicted octanol–water partition coefficient (Wildman–Crippen LogP) is 4.91. The van der Waals surface area contributed by atoms with Crippen LogP contribution in [0.4, 0.5) is 13.2 Å². The minimum atomic E-state index is -4.40. The number of halogens is 3. The van der Waals surface area contributed by atoms with Crippen molar-refractivity contribution in [2.45, 2.75) is 58.2 Å². The molecule has 5 heteroatoms. The van der Waals surface area contributed by atoms with Crippen LogP contribution in [0.2, 0.25) is 0 Å². The summed E-state index contributed by atoms with van der Waals surface area (Å²) in [5, 5.41) is 10.4. The van der Waals surface area contributed by atoms with Crippen molar-refractivity contribution in [2.75, 3.05) is 0 Å². The zero-order chi connectivity index (χ0) is 16.8. The van der Waals surface area contributed by atoms with Gasteiger partial charge in [0.15, 0.2) is 0 Å². The van der Waals surface area contributed by atoms with Crippen LogP contribution in [0.15, 0.2) is 24.3 Å². The maximum Gasteiger partial charge on any atom is 0.416 e. The fourth-order valence-electron chi connectivity index (χ4n) is 2.44. The lowest BCUT2D eigenvalue weighted by atomic mass is 9.86. The molecule has 0 aliphatic rings. The summed E-state index contributed by atoms with van der Waals surface area (Å²) < 4.78 is 37.7. The number of hydrogen-bond acceptors (Lipinski definition) is 2. The minimum Gasteiger partial charge on any atom is -0.388 e. The van der Waals surface area contributed by atoms with Gasteiger partial charge >= 0.3 is 6.18 Å². The molecule has 22 heavy (non-hydrogen) atoms. The van der Waals surface area contributed by atoms with Crippen molar-refractivity contribution in [3.63, 3.8) is 0 Å². The van der Waals surface area contributed by atoms with E-state index in [4.69, 9.17) is 0 Å². The van der Waals surface area contributed by atoms with Gasteiger partial charge in [-0.2, -0.15) is 13.2 Å². The second kappa shape index (κ2) is 8.32. The third-order valence-electron chi connectivity index (χ3n) is 3.75. The molecule has 0 aliphatic heterocycles. The number of rotatable bonds is 8. The van der Waals surface area contributed by atoms with Gasteiger partial charge in [-0.25, -0.2) is 0 Å². The van der Waals surface area contributed by atoms with Gasteiger partial charge in [0.25, 0.3) is 0 Å². The Bertz CT molecular complexity index is 466. The summed E-state index contributed by atoms with van der Waals surface area (Å²) in [5.74, 6) is -0.565. The number of carbonyl (C=O) groups excluding carboxylic acids is 1. The standard InChI is InChI=1S/C17H23F3O2/c1-3-5-7-15(21)14(6-4-2)16(22)12-8-10-13(11-9-12)17(18,19)20/h8-11,14,16,22H,3-7H2,1-2H3. The normalized spacial score (nSPS) is 14.6. The zero-order valence-electron chi connectivity index (χ0n) is 13.0. The molecule has 2 unspecified atom stereocenters. The molecule has 0 heterocycles. The van der Waals surface area contributed by atoms with Crippen LogP contribution in [-0.2, 0) is 11.0 Å². The number of aliphatic hydroxyl groups excluding tert-OH is 1. The van der Waals surface area contributed by atoms with Crippen molar-refractivity contribution in [1.29, 1.82) is 0 Å². The fourth-order valence-corrected chi connectivity index (χ4v) is 2.44. The zero-order valence-corrected chi connectivity index (χ0v) is 13.0. The number of alkyl halides is 3. The van der Waals surface area contributed by atoms with E-state index in [0.29, 0.717) is 18.4 Å². The lowest BCUT2D eigenvalue weighted by molar-refractivity contribution is -0.137. The smallest absolute Gasteiger partial charge is 0.388 e. The Morgan fingerprint density at radius 3 is 2.18 bits per heavy atom. The summed E-state index contributed by atoms with van der Waals surface area (Å²) in [6, 6.07) is 4.39. The quantitative estimate of drug-likeness (QED) is 0.739. The number of unbranched alkanes of at least 4 members (excludes halogenated alkanes) is 1. The van der Waals surface area contributed by atoms with Crippen LogP contribution in [0.5, 0.6) is 0 Å². The highest BCUT2D eigenvalue weighted by molar-refractivity contribution is 5.81. The number of hydrogen-bond donors (Lipinski definition) is 1. The van der Waals surface area contributed by atoms with Gasteiger partial charge in [-0.1, -0.05) is 38.8 Å². The van der Waals surface area contributed by atoms with E-state index in [-0.39, 0.29) is 5.78 Å². The van der Waals surface area contributed by atoms with E-state index in [1.165, 1.54) is 12.1 Å². The van der Waals surface area contributed by atoms with E-state index >= 15 is 0 Å². The van der Waals surface area contributed by atoms with Crippen molar-refractivity contribution >= 4 is 5.78 Å². The van der Waals surface area contributed by atoms with Crippen molar-refractivity contribution in [3.05, 3.63) is 35.4 Å². The molecule has 1 N–H and O–H groups in total. The third kappa shape index (κ3) is 5.13. The molecule has 0 amide bonds. The highest BCUT2D eigenvalue weighted by Crippen LogP contribution is 2.32. The third-order valence-corrected chi connectivity index (χ3v) is 3.75. The van der Waals surface area contributed by atoms with E-state index in [9.17, 15) is 23.1 Å². The summed E-state index contributed by atoms with van der Waals surface area (Å²) in [7, 11) is 0. The maximum absolute atomic E-state index is 12.6. The van der Waals surface area contributed by atoms with Crippen molar-refractivity contribution in [3.8, 4) is 0 Å². The highest BCUT2D eigenvalue weighted by Gasteiger charge is 2.31. The van der Waals surface area contributed by atoms with Gasteiger partial charge in [-0.15, -0.1) is 0 Å². The van der Waals surface area contributed by atoms with Crippen LogP contribution in [-0.4, -0.2) is 10.9 Å². The van der Waals surface area contributed by atoms with E-state index in [1.54, 1.807) is 0 Å². The molecular formula is C17H23F3O2. The van der Waals surface area contributed by atoms with Crippen LogP contribution < -0.4 is 0 Å². The molecule has 1 aromatic rings. The Kier molecular flexibility index (Phi) is 7.07. The van der Waals surface area contributed by atoms with Crippen molar-refractivity contribution < 1.29 is 23.1 Å². The molecule has 0 fully saturated rings. The maximum atomic E-state index is 12.6. The Balaban J connectivity index is 2.89. The molecule has 2 nitrogen and oxygen atoms in total. The van der Waals surface area contributed by atoms with Crippen LogP contribution >= 0.6 is 0 Å². The van der Waals surface area contributed by atoms with Gasteiger partial charge in [0, 0.05) is 12.3 Å². The van der Waals surface area contributed by atoms with Gasteiger partial charge in [-0.05, 0) is 30.5 Å². The molecule has 1 rings (SSSR count). The topological polar surface area (TPSA) is 37.3 Å². The van der Waals surface area contributed by atoms with Crippen LogP contribution in [0.25, 0.3) is 0 Å². The summed E-state index contributed by atoms with van der Waals surface area (Å²) in [4.78, 5) is 12.2. The monoisotopic (exact) mass is 316 g/mol. The van der Waals surface area contributed by atoms with Crippen LogP contribution in [0.1, 0.15) is 63.2 Å². The highest BCUT2D eigenvalue weighted by atomic mass is 19.4. The van der Waals surface area contributed by atoms with Gasteiger partial charge in [-0.3, -0.25) is 4.79 Å². The van der Waals surface area contributed by atoms with E-state index in [0.717, 1.165) is 31.4 Å². The average molecular weight is 316 g/mol. The predicted molar refractivity (Wildman–Crippen MR) is 79.3 cm³/mol. The van der Waals surface area contributed by atoms with E-state index in [2.05, 4.69) is 0 Å². The molecule has 0 aliphatic carbocycles. The molecule has 0 radical (unpaired) electrons. The summed E-state index contributed by atoms with van der Waals surface area (Å²) in [6.07, 6.45) is -2.13. The van der Waals surface area contributed by atoms with Gasteiger partial charge in [0.2, 0.25) is 0 Å².